The summed E-state index contributed by atoms with van der Waals surface area (Å²) in [6.45, 7) is 0. The van der Waals surface area contributed by atoms with Gasteiger partial charge in [-0.25, -0.2) is 9.50 Å². The second kappa shape index (κ2) is 8.28. The zero-order chi connectivity index (χ0) is 22.4. The lowest BCUT2D eigenvalue weighted by Gasteiger charge is -2.23. The summed E-state index contributed by atoms with van der Waals surface area (Å²) in [7, 11) is 0. The Kier molecular flexibility index (Phi) is 5.12. The maximum Gasteiger partial charge on any atom is 0.253 e. The minimum absolute atomic E-state index is 0.0711. The maximum atomic E-state index is 12.9. The number of nitrogens with zero attached hydrogens (tertiary/aromatic N) is 4. The Morgan fingerprint density at radius 2 is 1.85 bits per heavy atom. The second-order valence-corrected chi connectivity index (χ2v) is 9.63. The summed E-state index contributed by atoms with van der Waals surface area (Å²) in [5, 5.41) is 8.37. The van der Waals surface area contributed by atoms with Crippen molar-refractivity contribution >= 4 is 45.7 Å². The Labute approximate surface area is 199 Å². The number of thioether (sulfide) groups is 1. The first-order valence-corrected chi connectivity index (χ1v) is 12.1. The molecule has 162 valence electrons. The molecule has 5 nitrogen and oxygen atoms in total. The molecule has 2 heterocycles. The Morgan fingerprint density at radius 3 is 2.76 bits per heavy atom. The number of ketones is 1. The number of carbonyl (C=O) groups is 1. The number of carbonyl (C=O) groups excluding carboxylic acids is 1. The third-order valence-electron chi connectivity index (χ3n) is 6.12. The molecular weight excluding hydrogens is 452 g/mol. The summed E-state index contributed by atoms with van der Waals surface area (Å²) in [6.07, 6.45) is 2.91. The van der Waals surface area contributed by atoms with Crippen LogP contribution in [-0.2, 0) is 12.2 Å². The van der Waals surface area contributed by atoms with Gasteiger partial charge in [-0.15, -0.1) is 5.10 Å². The van der Waals surface area contributed by atoms with E-state index in [-0.39, 0.29) is 11.7 Å². The lowest BCUT2D eigenvalue weighted by molar-refractivity contribution is 0.0962. The van der Waals surface area contributed by atoms with Crippen molar-refractivity contribution in [3.05, 3.63) is 100 Å². The Morgan fingerprint density at radius 1 is 1.00 bits per heavy atom. The molecule has 1 aliphatic rings. The van der Waals surface area contributed by atoms with Crippen LogP contribution in [0.15, 0.2) is 78.1 Å². The Hall–Kier alpha value is -3.22. The highest BCUT2D eigenvalue weighted by Gasteiger charge is 2.28. The summed E-state index contributed by atoms with van der Waals surface area (Å²) < 4.78 is 1.63. The molecule has 0 amide bonds. The standard InChI is InChI=1S/C26H19ClN4OS/c27-20-9-4-7-17(11-20)19-12-23-22(24(32)13-19)14-31-25(28-23)29-26(30-31)33-15-18-8-3-6-16-5-1-2-10-21(16)18/h1-11,14,19H,12-13,15H2/t19-/m0/s1. The van der Waals surface area contributed by atoms with Gasteiger partial charge in [0.15, 0.2) is 5.78 Å². The summed E-state index contributed by atoms with van der Waals surface area (Å²) in [6, 6.07) is 22.4. The van der Waals surface area contributed by atoms with Crippen LogP contribution in [0.5, 0.6) is 0 Å². The van der Waals surface area contributed by atoms with Crippen LogP contribution in [-0.4, -0.2) is 25.4 Å². The van der Waals surface area contributed by atoms with Crippen LogP contribution in [0.3, 0.4) is 0 Å². The van der Waals surface area contributed by atoms with Gasteiger partial charge in [-0.1, -0.05) is 78.0 Å². The van der Waals surface area contributed by atoms with Crippen molar-refractivity contribution in [1.29, 1.82) is 0 Å². The molecule has 0 saturated heterocycles. The van der Waals surface area contributed by atoms with Crippen molar-refractivity contribution in [3.63, 3.8) is 0 Å². The van der Waals surface area contributed by atoms with Crippen molar-refractivity contribution in [1.82, 2.24) is 19.6 Å². The van der Waals surface area contributed by atoms with E-state index in [1.54, 1.807) is 22.5 Å². The lowest BCUT2D eigenvalue weighted by atomic mass is 9.82. The fraction of sp³-hybridized carbons (Fsp3) is 0.154. The van der Waals surface area contributed by atoms with Crippen LogP contribution >= 0.6 is 23.4 Å². The predicted octanol–water partition coefficient (Wildman–Crippen LogP) is 6.14. The highest BCUT2D eigenvalue weighted by molar-refractivity contribution is 7.98. The van der Waals surface area contributed by atoms with Gasteiger partial charge >= 0.3 is 0 Å². The van der Waals surface area contributed by atoms with Gasteiger partial charge in [0.1, 0.15) is 0 Å². The average molecular weight is 471 g/mol. The number of Topliss-reactive ketones (excluding diaryl/α,β-unsaturated/α-hetero) is 1. The van der Waals surface area contributed by atoms with Gasteiger partial charge < -0.3 is 0 Å². The third-order valence-corrected chi connectivity index (χ3v) is 7.24. The van der Waals surface area contributed by atoms with Crippen LogP contribution in [0.1, 0.15) is 39.5 Å². The largest absolute Gasteiger partial charge is 0.294 e. The van der Waals surface area contributed by atoms with Gasteiger partial charge in [0, 0.05) is 23.4 Å². The van der Waals surface area contributed by atoms with Crippen molar-refractivity contribution in [2.45, 2.75) is 29.7 Å². The molecule has 0 spiro atoms. The maximum absolute atomic E-state index is 12.9. The van der Waals surface area contributed by atoms with Gasteiger partial charge in [-0.3, -0.25) is 4.79 Å². The van der Waals surface area contributed by atoms with E-state index < -0.39 is 0 Å². The van der Waals surface area contributed by atoms with Crippen molar-refractivity contribution < 1.29 is 4.79 Å². The number of benzene rings is 3. The molecule has 1 aliphatic carbocycles. The van der Waals surface area contributed by atoms with Gasteiger partial charge in [0.25, 0.3) is 5.78 Å². The molecule has 0 N–H and O–H groups in total. The number of hydrogen-bond donors (Lipinski definition) is 0. The number of fused-ring (bicyclic) bond motifs is 3. The number of hydrogen-bond acceptors (Lipinski definition) is 5. The SMILES string of the molecule is O=C1C[C@@H](c2cccc(Cl)c2)Cc2nc3nc(SCc4cccc5ccccc45)nn3cc21. The minimum atomic E-state index is 0.0711. The van der Waals surface area contributed by atoms with E-state index in [4.69, 9.17) is 16.6 Å². The van der Waals surface area contributed by atoms with Gasteiger partial charge in [-0.2, -0.15) is 4.98 Å². The van der Waals surface area contributed by atoms with E-state index in [9.17, 15) is 4.79 Å². The summed E-state index contributed by atoms with van der Waals surface area (Å²) >= 11 is 7.74. The third kappa shape index (κ3) is 3.90. The number of halogens is 1. The molecule has 0 bridgehead atoms. The first-order chi connectivity index (χ1) is 16.1. The molecule has 7 heteroatoms. The normalized spacial score (nSPS) is 15.8. The van der Waals surface area contributed by atoms with E-state index in [0.29, 0.717) is 34.4 Å². The quantitative estimate of drug-likeness (QED) is 0.295. The zero-order valence-electron chi connectivity index (χ0n) is 17.6. The van der Waals surface area contributed by atoms with E-state index in [0.717, 1.165) is 17.0 Å². The smallest absolute Gasteiger partial charge is 0.253 e. The Balaban J connectivity index is 1.28. The fourth-order valence-electron chi connectivity index (χ4n) is 4.48. The molecule has 0 radical (unpaired) electrons. The fourth-order valence-corrected chi connectivity index (χ4v) is 5.51. The minimum Gasteiger partial charge on any atom is -0.294 e. The topological polar surface area (TPSA) is 60.2 Å². The lowest BCUT2D eigenvalue weighted by Crippen LogP contribution is -2.21. The van der Waals surface area contributed by atoms with E-state index in [2.05, 4.69) is 52.5 Å². The van der Waals surface area contributed by atoms with Crippen molar-refractivity contribution in [2.24, 2.45) is 0 Å². The number of aromatic nitrogens is 4. The molecule has 2 aromatic heterocycles. The van der Waals surface area contributed by atoms with Crippen LogP contribution in [0.25, 0.3) is 16.6 Å². The van der Waals surface area contributed by atoms with Crippen LogP contribution < -0.4 is 0 Å². The molecule has 3 aromatic carbocycles. The molecular formula is C26H19ClN4OS. The van der Waals surface area contributed by atoms with Gasteiger partial charge in [-0.05, 0) is 46.4 Å². The summed E-state index contributed by atoms with van der Waals surface area (Å²) in [5.41, 5.74) is 3.72. The highest BCUT2D eigenvalue weighted by atomic mass is 35.5. The van der Waals surface area contributed by atoms with Crippen LogP contribution in [0, 0.1) is 0 Å². The van der Waals surface area contributed by atoms with Gasteiger partial charge in [0.2, 0.25) is 5.16 Å². The summed E-state index contributed by atoms with van der Waals surface area (Å²) in [4.78, 5) is 22.2. The Bertz CT molecular complexity index is 1520. The molecule has 6 rings (SSSR count). The van der Waals surface area contributed by atoms with Crippen molar-refractivity contribution in [2.75, 3.05) is 0 Å². The number of rotatable bonds is 4. The first-order valence-electron chi connectivity index (χ1n) is 10.8. The average Bonchev–Trinajstić information content (AvgIpc) is 3.23. The van der Waals surface area contributed by atoms with E-state index in [1.807, 2.05) is 24.3 Å². The van der Waals surface area contributed by atoms with Gasteiger partial charge in [0.05, 0.1) is 11.3 Å². The second-order valence-electron chi connectivity index (χ2n) is 8.25. The highest BCUT2D eigenvalue weighted by Crippen LogP contribution is 2.33. The van der Waals surface area contributed by atoms with Crippen LogP contribution in [0.4, 0.5) is 0 Å². The predicted molar refractivity (Wildman–Crippen MR) is 131 cm³/mol. The molecule has 0 aliphatic heterocycles. The molecule has 0 saturated carbocycles. The van der Waals surface area contributed by atoms with Crippen LogP contribution in [0.2, 0.25) is 5.02 Å². The van der Waals surface area contributed by atoms with E-state index >= 15 is 0 Å². The molecule has 5 aromatic rings. The zero-order valence-corrected chi connectivity index (χ0v) is 19.2. The molecule has 33 heavy (non-hydrogen) atoms. The van der Waals surface area contributed by atoms with Crippen molar-refractivity contribution in [3.8, 4) is 0 Å². The summed E-state index contributed by atoms with van der Waals surface area (Å²) in [5.74, 6) is 1.43. The molecule has 1 atom stereocenters. The molecule has 0 fully saturated rings. The first kappa shape index (κ1) is 20.4. The molecule has 0 unspecified atom stereocenters. The van der Waals surface area contributed by atoms with E-state index in [1.165, 1.54) is 16.3 Å². The monoisotopic (exact) mass is 470 g/mol.